The van der Waals surface area contributed by atoms with E-state index in [-0.39, 0.29) is 0 Å². The highest BCUT2D eigenvalue weighted by Gasteiger charge is 2.28. The maximum absolute atomic E-state index is 5.95. The van der Waals surface area contributed by atoms with Crippen molar-refractivity contribution in [3.05, 3.63) is 308 Å². The lowest BCUT2D eigenvalue weighted by Gasteiger charge is -2.17. The van der Waals surface area contributed by atoms with E-state index in [0.29, 0.717) is 39.6 Å². The van der Waals surface area contributed by atoms with Crippen LogP contribution in [0.4, 0.5) is 0 Å². The lowest BCUT2D eigenvalue weighted by Crippen LogP contribution is -2.08. The van der Waals surface area contributed by atoms with Gasteiger partial charge in [0, 0.05) is 56.3 Å². The Morgan fingerprint density at radius 2 is 0.640 bits per heavy atom. The summed E-state index contributed by atoms with van der Waals surface area (Å²) in [6, 6.07) is 65.5. The van der Waals surface area contributed by atoms with Crippen LogP contribution in [0.15, 0.2) is 231 Å². The number of hydrogen-bond donors (Lipinski definition) is 0. The van der Waals surface area contributed by atoms with Crippen molar-refractivity contribution in [1.29, 1.82) is 0 Å². The zero-order valence-corrected chi connectivity index (χ0v) is 52.7. The summed E-state index contributed by atoms with van der Waals surface area (Å²) >= 11 is 0. The number of fused-ring (bicyclic) bond motifs is 5. The largest absolute Gasteiger partial charge is 0.349 e. The monoisotopic (exact) mass is 1170 g/mol. The first-order valence-electron chi connectivity index (χ1n) is 31.4. The third-order valence-corrected chi connectivity index (χ3v) is 16.8. The maximum atomic E-state index is 5.95. The fourth-order valence-electron chi connectivity index (χ4n) is 12.2. The summed E-state index contributed by atoms with van der Waals surface area (Å²) in [5, 5.41) is 0. The fourth-order valence-corrected chi connectivity index (χ4v) is 12.2. The van der Waals surface area contributed by atoms with Gasteiger partial charge in [0.15, 0.2) is 18.9 Å². The molecule has 0 unspecified atom stereocenters. The third-order valence-electron chi connectivity index (χ3n) is 16.8. The van der Waals surface area contributed by atoms with E-state index in [0.717, 1.165) is 111 Å². The van der Waals surface area contributed by atoms with Crippen LogP contribution in [-0.4, -0.2) is 39.6 Å². The molecule has 6 nitrogen and oxygen atoms in total. The van der Waals surface area contributed by atoms with E-state index in [2.05, 4.69) is 238 Å². The van der Waals surface area contributed by atoms with Gasteiger partial charge < -0.3 is 28.4 Å². The van der Waals surface area contributed by atoms with E-state index < -0.39 is 18.9 Å². The zero-order chi connectivity index (χ0) is 62.0. The number of allylic oxidation sites excluding steroid dienone is 12. The molecule has 0 aromatic heterocycles. The first-order chi connectivity index (χ1) is 43.5. The van der Waals surface area contributed by atoms with Crippen LogP contribution in [0.1, 0.15) is 152 Å². The molecule has 0 amide bonds. The second kappa shape index (κ2) is 28.6. The minimum Gasteiger partial charge on any atom is -0.349 e. The van der Waals surface area contributed by atoms with Crippen molar-refractivity contribution >= 4 is 57.2 Å². The van der Waals surface area contributed by atoms with Crippen LogP contribution in [0.2, 0.25) is 0 Å². The number of benzene rings is 8. The topological polar surface area (TPSA) is 55.4 Å². The number of rotatable bonds is 23. The molecule has 3 aliphatic carbocycles. The van der Waals surface area contributed by atoms with Gasteiger partial charge in [-0.15, -0.1) is 0 Å². The van der Waals surface area contributed by atoms with Crippen LogP contribution in [0.3, 0.4) is 0 Å². The summed E-state index contributed by atoms with van der Waals surface area (Å²) in [6.45, 7) is 29.3. The smallest absolute Gasteiger partial charge is 0.183 e. The molecule has 0 fully saturated rings. The Morgan fingerprint density at radius 1 is 0.326 bits per heavy atom. The predicted molar refractivity (Wildman–Crippen MR) is 372 cm³/mol. The van der Waals surface area contributed by atoms with Gasteiger partial charge in [-0.3, -0.25) is 0 Å². The Bertz CT molecular complexity index is 3940. The molecule has 0 atom stereocenters. The van der Waals surface area contributed by atoms with Crippen LogP contribution in [-0.2, 0) is 28.4 Å². The molecule has 0 heterocycles. The van der Waals surface area contributed by atoms with Crippen LogP contribution in [0, 0.1) is 0 Å². The molecular formula is C83H80O6. The standard InChI is InChI=1S/C83H80O6/c1-11-84-81(85-12-2)61-37-31-58(32-38-61)47-77-56(9)68(70-23-17-20-26-73(70)77)44-29-54(7)65-50-66(55(8)30-45-69-57(10)78(74-27-21-18-24-71(69)74)48-59-33-39-62(40-34-59)82(86-13-3)87-14-4)52-67(51-65)64-43-46-76-72-25-19-22-28-75(72)79(80(76)53-64)49-60-35-41-63(42-36-60)83(88-15-5)89-16-6/h17-53,81-83H,9-16H2,1-8H3/b54-29+,55-30+,68-44+,69-45+,77-47-,78-48-,79-49+. The first-order valence-corrected chi connectivity index (χ1v) is 31.4. The van der Waals surface area contributed by atoms with Gasteiger partial charge in [0.2, 0.25) is 0 Å². The normalized spacial score (nSPS) is 16.1. The molecule has 0 spiro atoms. The molecule has 0 radical (unpaired) electrons. The first kappa shape index (κ1) is 61.8. The van der Waals surface area contributed by atoms with Crippen LogP contribution < -0.4 is 0 Å². The van der Waals surface area contributed by atoms with E-state index >= 15 is 0 Å². The summed E-state index contributed by atoms with van der Waals surface area (Å²) in [5.41, 5.74) is 30.1. The Hall–Kier alpha value is -8.82. The van der Waals surface area contributed by atoms with Crippen LogP contribution in [0.25, 0.3) is 79.5 Å². The second-order valence-electron chi connectivity index (χ2n) is 22.4. The Morgan fingerprint density at radius 3 is 1.00 bits per heavy atom. The highest BCUT2D eigenvalue weighted by atomic mass is 16.7. The molecular weight excluding hydrogens is 1090 g/mol. The molecule has 448 valence electrons. The summed E-state index contributed by atoms with van der Waals surface area (Å²) in [6.07, 6.45) is 14.6. The van der Waals surface area contributed by atoms with Crippen molar-refractivity contribution in [3.8, 4) is 22.3 Å². The average Bonchev–Trinajstić information content (AvgIpc) is 1.66. The molecule has 0 saturated carbocycles. The van der Waals surface area contributed by atoms with Gasteiger partial charge in [-0.1, -0.05) is 195 Å². The van der Waals surface area contributed by atoms with Crippen LogP contribution in [0.5, 0.6) is 0 Å². The minimum atomic E-state index is -0.400. The second-order valence-corrected chi connectivity index (χ2v) is 22.4. The lowest BCUT2D eigenvalue weighted by molar-refractivity contribution is -0.140. The molecule has 8 aromatic rings. The summed E-state index contributed by atoms with van der Waals surface area (Å²) in [5.74, 6) is 0. The third kappa shape index (κ3) is 13.5. The number of ether oxygens (including phenoxy) is 6. The van der Waals surface area contributed by atoms with E-state index in [9.17, 15) is 0 Å². The van der Waals surface area contributed by atoms with Crippen molar-refractivity contribution in [2.75, 3.05) is 39.6 Å². The van der Waals surface area contributed by atoms with Gasteiger partial charge >= 0.3 is 0 Å². The lowest BCUT2D eigenvalue weighted by atomic mass is 9.91. The maximum Gasteiger partial charge on any atom is 0.183 e. The van der Waals surface area contributed by atoms with E-state index in [1.165, 1.54) is 39.0 Å². The summed E-state index contributed by atoms with van der Waals surface area (Å²) in [4.78, 5) is 0. The van der Waals surface area contributed by atoms with Gasteiger partial charge in [-0.05, 0) is 231 Å². The van der Waals surface area contributed by atoms with E-state index in [1.54, 1.807) is 0 Å². The molecule has 3 aliphatic rings. The molecule has 6 heteroatoms. The van der Waals surface area contributed by atoms with Crippen molar-refractivity contribution in [3.63, 3.8) is 0 Å². The van der Waals surface area contributed by atoms with Crippen molar-refractivity contribution in [1.82, 2.24) is 0 Å². The van der Waals surface area contributed by atoms with E-state index in [4.69, 9.17) is 41.6 Å². The van der Waals surface area contributed by atoms with E-state index in [1.807, 2.05) is 41.5 Å². The zero-order valence-electron chi connectivity index (χ0n) is 52.7. The van der Waals surface area contributed by atoms with Gasteiger partial charge in [-0.25, -0.2) is 0 Å². The SMILES string of the molecule is C=C1/C(=C/c2ccc(C(OCC)OCC)cc2)c2ccccc2/C1=C/C=C(\C)c1cc(/C(C)=C/C=C2\C(=C)/C(=C/c3ccc(C(OCC)OCC)cc3)c3ccccc32)cc(-c2ccc3c(c2)/C(=C/c2ccc(C(OCC)OCC)cc2)c2ccccc2-3)c1. The van der Waals surface area contributed by atoms with Crippen molar-refractivity contribution in [2.45, 2.75) is 74.3 Å². The summed E-state index contributed by atoms with van der Waals surface area (Å²) < 4.78 is 35.5. The molecule has 0 bridgehead atoms. The number of hydrogen-bond acceptors (Lipinski definition) is 6. The minimum absolute atomic E-state index is 0.394. The quantitative estimate of drug-likeness (QED) is 0.0595. The Kier molecular flexibility index (Phi) is 19.8. The van der Waals surface area contributed by atoms with Gasteiger partial charge in [0.25, 0.3) is 0 Å². The predicted octanol–water partition coefficient (Wildman–Crippen LogP) is 21.3. The van der Waals surface area contributed by atoms with Crippen molar-refractivity contribution in [2.24, 2.45) is 0 Å². The van der Waals surface area contributed by atoms with Gasteiger partial charge in [-0.2, -0.15) is 0 Å². The highest BCUT2D eigenvalue weighted by molar-refractivity contribution is 6.14. The molecule has 0 N–H and O–H groups in total. The Labute approximate surface area is 527 Å². The Balaban J connectivity index is 0.976. The molecule has 8 aromatic carbocycles. The van der Waals surface area contributed by atoms with Gasteiger partial charge in [0.05, 0.1) is 0 Å². The molecule has 11 rings (SSSR count). The van der Waals surface area contributed by atoms with Crippen LogP contribution >= 0.6 is 0 Å². The fraction of sp³-hybridized carbons (Fsp3) is 0.205. The highest BCUT2D eigenvalue weighted by Crippen LogP contribution is 2.49. The molecule has 89 heavy (non-hydrogen) atoms. The molecule has 0 saturated heterocycles. The van der Waals surface area contributed by atoms with Gasteiger partial charge in [0.1, 0.15) is 0 Å². The summed E-state index contributed by atoms with van der Waals surface area (Å²) in [7, 11) is 0. The average molecular weight is 1170 g/mol. The van der Waals surface area contributed by atoms with Crippen molar-refractivity contribution < 1.29 is 28.4 Å². The molecule has 0 aliphatic heterocycles.